The zero-order valence-electron chi connectivity index (χ0n) is 18.1. The molecule has 7 nitrogen and oxygen atoms in total. The van der Waals surface area contributed by atoms with Gasteiger partial charge in [0.25, 0.3) is 0 Å². The lowest BCUT2D eigenvalue weighted by Gasteiger charge is -2.29. The van der Waals surface area contributed by atoms with E-state index in [1.54, 1.807) is 4.90 Å². The van der Waals surface area contributed by atoms with E-state index in [2.05, 4.69) is 11.4 Å². The molecule has 30 heavy (non-hydrogen) atoms. The van der Waals surface area contributed by atoms with Crippen molar-refractivity contribution in [2.75, 3.05) is 19.6 Å². The van der Waals surface area contributed by atoms with E-state index in [1.807, 2.05) is 45.0 Å². The normalized spacial score (nSPS) is 21.7. The summed E-state index contributed by atoms with van der Waals surface area (Å²) in [6.07, 6.45) is 2.79. The highest BCUT2D eigenvalue weighted by molar-refractivity contribution is 5.81. The highest BCUT2D eigenvalue weighted by Crippen LogP contribution is 2.32. The van der Waals surface area contributed by atoms with Crippen LogP contribution in [0.1, 0.15) is 57.6 Å². The van der Waals surface area contributed by atoms with Gasteiger partial charge in [-0.05, 0) is 43.9 Å². The molecule has 0 aromatic heterocycles. The molecule has 162 valence electrons. The molecule has 1 saturated heterocycles. The molecule has 1 unspecified atom stereocenters. The number of esters is 1. The first kappa shape index (κ1) is 21.9. The van der Waals surface area contributed by atoms with Crippen LogP contribution >= 0.6 is 0 Å². The van der Waals surface area contributed by atoms with Gasteiger partial charge in [0.1, 0.15) is 11.7 Å². The van der Waals surface area contributed by atoms with Crippen LogP contribution in [0.5, 0.6) is 0 Å². The number of nitrogens with one attached hydrogen (secondary N) is 1. The quantitative estimate of drug-likeness (QED) is 0.765. The van der Waals surface area contributed by atoms with Gasteiger partial charge in [-0.3, -0.25) is 9.59 Å². The summed E-state index contributed by atoms with van der Waals surface area (Å²) in [6, 6.07) is 7.95. The number of rotatable bonds is 4. The Hall–Kier alpha value is -2.83. The average Bonchev–Trinajstić information content (AvgIpc) is 3.06. The molecule has 1 N–H and O–H groups in total. The Morgan fingerprint density at radius 1 is 1.23 bits per heavy atom. The fourth-order valence-electron chi connectivity index (χ4n) is 3.66. The van der Waals surface area contributed by atoms with Crippen molar-refractivity contribution in [3.63, 3.8) is 0 Å². The molecule has 2 amide bonds. The minimum atomic E-state index is -0.501. The minimum absolute atomic E-state index is 0.134. The summed E-state index contributed by atoms with van der Waals surface area (Å²) in [4.78, 5) is 37.2. The van der Waals surface area contributed by atoms with Gasteiger partial charge in [0, 0.05) is 26.4 Å². The van der Waals surface area contributed by atoms with E-state index >= 15 is 0 Å². The zero-order chi connectivity index (χ0) is 21.9. The van der Waals surface area contributed by atoms with Crippen molar-refractivity contribution in [1.29, 1.82) is 0 Å². The topological polar surface area (TPSA) is 84.9 Å². The number of nitrogens with zero attached hydrogens (tertiary/aromatic N) is 1. The van der Waals surface area contributed by atoms with E-state index in [9.17, 15) is 14.4 Å². The molecule has 2 aliphatic rings. The third-order valence-electron chi connectivity index (χ3n) is 5.19. The van der Waals surface area contributed by atoms with Gasteiger partial charge in [0.15, 0.2) is 0 Å². The van der Waals surface area contributed by atoms with Crippen molar-refractivity contribution < 1.29 is 23.9 Å². The van der Waals surface area contributed by atoms with Crippen molar-refractivity contribution in [3.8, 4) is 0 Å². The van der Waals surface area contributed by atoms with Gasteiger partial charge >= 0.3 is 12.1 Å². The van der Waals surface area contributed by atoms with Gasteiger partial charge in [0.05, 0.1) is 12.5 Å². The molecule has 0 spiro atoms. The maximum atomic E-state index is 12.2. The smallest absolute Gasteiger partial charge is 0.410 e. The summed E-state index contributed by atoms with van der Waals surface area (Å²) in [7, 11) is 0. The van der Waals surface area contributed by atoms with E-state index < -0.39 is 5.60 Å². The highest BCUT2D eigenvalue weighted by Gasteiger charge is 2.35. The fraction of sp³-hybridized carbons (Fsp3) is 0.522. The SMILES string of the molecule is CC(=O)NCC1C[C@H](c2ccc(C3=CCN(C(=O)OC(C)(C)C)CC3)cc2)C(=O)O1. The molecule has 1 aromatic rings. The third-order valence-corrected chi connectivity index (χ3v) is 5.19. The Morgan fingerprint density at radius 2 is 1.93 bits per heavy atom. The summed E-state index contributed by atoms with van der Waals surface area (Å²) in [6.45, 7) is 8.50. The van der Waals surface area contributed by atoms with Crippen LogP contribution in [0, 0.1) is 0 Å². The lowest BCUT2D eigenvalue weighted by molar-refractivity contribution is -0.142. The van der Waals surface area contributed by atoms with Crippen molar-refractivity contribution in [3.05, 3.63) is 41.5 Å². The third kappa shape index (κ3) is 5.62. The number of ether oxygens (including phenoxy) is 2. The molecular formula is C23H30N2O5. The first-order chi connectivity index (χ1) is 14.1. The minimum Gasteiger partial charge on any atom is -0.460 e. The monoisotopic (exact) mass is 414 g/mol. The molecule has 0 saturated carbocycles. The van der Waals surface area contributed by atoms with E-state index in [1.165, 1.54) is 12.5 Å². The van der Waals surface area contributed by atoms with Crippen molar-refractivity contribution in [1.82, 2.24) is 10.2 Å². The van der Waals surface area contributed by atoms with Gasteiger partial charge < -0.3 is 19.7 Å². The lowest BCUT2D eigenvalue weighted by atomic mass is 9.92. The van der Waals surface area contributed by atoms with Crippen LogP contribution in [0.4, 0.5) is 4.79 Å². The molecular weight excluding hydrogens is 384 g/mol. The maximum Gasteiger partial charge on any atom is 0.410 e. The largest absolute Gasteiger partial charge is 0.460 e. The van der Waals surface area contributed by atoms with Crippen molar-refractivity contribution in [2.45, 2.75) is 58.2 Å². The Balaban J connectivity index is 1.59. The van der Waals surface area contributed by atoms with E-state index in [-0.39, 0.29) is 30.0 Å². The van der Waals surface area contributed by atoms with Gasteiger partial charge in [-0.2, -0.15) is 0 Å². The molecule has 7 heteroatoms. The molecule has 0 bridgehead atoms. The Bertz CT molecular complexity index is 838. The van der Waals surface area contributed by atoms with Crippen LogP contribution in [0.25, 0.3) is 5.57 Å². The molecule has 2 heterocycles. The number of hydrogen-bond acceptors (Lipinski definition) is 5. The van der Waals surface area contributed by atoms with Crippen LogP contribution in [0.3, 0.4) is 0 Å². The summed E-state index contributed by atoms with van der Waals surface area (Å²) in [5.41, 5.74) is 2.68. The lowest BCUT2D eigenvalue weighted by Crippen LogP contribution is -2.39. The fourth-order valence-corrected chi connectivity index (χ4v) is 3.66. The standard InChI is InChI=1S/C23H30N2O5/c1-15(26)24-14-19-13-20(21(27)29-19)18-7-5-16(6-8-18)17-9-11-25(12-10-17)22(28)30-23(2,3)4/h5-9,19-20H,10-14H2,1-4H3,(H,24,26)/t19?,20-/m1/s1. The molecule has 2 aliphatic heterocycles. The number of hydrogen-bond donors (Lipinski definition) is 1. The summed E-state index contributed by atoms with van der Waals surface area (Å²) >= 11 is 0. The number of amides is 2. The van der Waals surface area contributed by atoms with Gasteiger partial charge in [0.2, 0.25) is 5.91 Å². The van der Waals surface area contributed by atoms with Crippen LogP contribution in [0.15, 0.2) is 30.3 Å². The predicted octanol–water partition coefficient (Wildman–Crippen LogP) is 3.25. The van der Waals surface area contributed by atoms with Crippen LogP contribution in [0.2, 0.25) is 0 Å². The maximum absolute atomic E-state index is 12.2. The molecule has 2 atom stereocenters. The first-order valence-electron chi connectivity index (χ1n) is 10.3. The van der Waals surface area contributed by atoms with Crippen molar-refractivity contribution >= 4 is 23.5 Å². The second-order valence-corrected chi connectivity index (χ2v) is 8.81. The van der Waals surface area contributed by atoms with E-state index in [4.69, 9.17) is 9.47 Å². The highest BCUT2D eigenvalue weighted by atomic mass is 16.6. The molecule has 3 rings (SSSR count). The van der Waals surface area contributed by atoms with Crippen LogP contribution in [-0.2, 0) is 19.1 Å². The second kappa shape index (κ2) is 8.90. The van der Waals surface area contributed by atoms with Crippen molar-refractivity contribution in [2.24, 2.45) is 0 Å². The number of carbonyl (C=O) groups is 3. The summed E-state index contributed by atoms with van der Waals surface area (Å²) in [5, 5.41) is 2.70. The molecule has 0 aliphatic carbocycles. The molecule has 0 radical (unpaired) electrons. The van der Waals surface area contributed by atoms with E-state index in [0.717, 1.165) is 17.5 Å². The van der Waals surface area contributed by atoms with Gasteiger partial charge in [-0.1, -0.05) is 30.3 Å². The molecule has 1 aromatic carbocycles. The molecule has 1 fully saturated rings. The van der Waals surface area contributed by atoms with E-state index in [0.29, 0.717) is 26.1 Å². The Morgan fingerprint density at radius 3 is 2.50 bits per heavy atom. The average molecular weight is 415 g/mol. The van der Waals surface area contributed by atoms with Crippen LogP contribution in [-0.4, -0.2) is 54.2 Å². The predicted molar refractivity (Wildman–Crippen MR) is 113 cm³/mol. The summed E-state index contributed by atoms with van der Waals surface area (Å²) < 4.78 is 10.8. The zero-order valence-corrected chi connectivity index (χ0v) is 18.1. The van der Waals surface area contributed by atoms with Gasteiger partial charge in [-0.25, -0.2) is 4.79 Å². The number of cyclic esters (lactones) is 1. The van der Waals surface area contributed by atoms with Gasteiger partial charge in [-0.15, -0.1) is 0 Å². The number of carbonyl (C=O) groups excluding carboxylic acids is 3. The Kier molecular flexibility index (Phi) is 6.48. The second-order valence-electron chi connectivity index (χ2n) is 8.81. The first-order valence-corrected chi connectivity index (χ1v) is 10.3. The summed E-state index contributed by atoms with van der Waals surface area (Å²) in [5.74, 6) is -0.686. The number of benzene rings is 1. The van der Waals surface area contributed by atoms with Crippen LogP contribution < -0.4 is 5.32 Å². The Labute approximate surface area is 177 Å².